The number of nitrogens with zero attached hydrogens (tertiary/aromatic N) is 3. The summed E-state index contributed by atoms with van der Waals surface area (Å²) in [5.41, 5.74) is 5.59. The van der Waals surface area contributed by atoms with E-state index in [9.17, 15) is 5.11 Å². The van der Waals surface area contributed by atoms with E-state index in [4.69, 9.17) is 28.6 Å². The van der Waals surface area contributed by atoms with Gasteiger partial charge < -0.3 is 24.6 Å². The number of methoxy groups -OCH3 is 1. The molecule has 35 heavy (non-hydrogen) atoms. The number of phenolic OH excluding ortho intramolecular Hbond substituents is 1. The van der Waals surface area contributed by atoms with Crippen molar-refractivity contribution in [3.63, 3.8) is 0 Å². The highest BCUT2D eigenvalue weighted by atomic mass is 35.5. The van der Waals surface area contributed by atoms with Crippen LogP contribution in [0.1, 0.15) is 34.7 Å². The number of hydrogen-bond donors (Lipinski definition) is 2. The van der Waals surface area contributed by atoms with Crippen LogP contribution in [0.4, 0.5) is 5.69 Å². The van der Waals surface area contributed by atoms with Crippen molar-refractivity contribution >= 4 is 34.6 Å². The summed E-state index contributed by atoms with van der Waals surface area (Å²) in [6.07, 6.45) is 1.77. The maximum atomic E-state index is 10.8. The fourth-order valence-corrected chi connectivity index (χ4v) is 5.36. The van der Waals surface area contributed by atoms with Gasteiger partial charge in [-0.05, 0) is 80.2 Å². The Morgan fingerprint density at radius 3 is 2.63 bits per heavy atom. The smallest absolute Gasteiger partial charge is 0.174 e. The van der Waals surface area contributed by atoms with E-state index < -0.39 is 0 Å². The predicted octanol–water partition coefficient (Wildman–Crippen LogP) is 6.03. The Morgan fingerprint density at radius 2 is 1.89 bits per heavy atom. The van der Waals surface area contributed by atoms with Gasteiger partial charge in [0.05, 0.1) is 30.6 Å². The number of aromatic nitrogens is 2. The van der Waals surface area contributed by atoms with Gasteiger partial charge in [0.1, 0.15) is 11.5 Å². The van der Waals surface area contributed by atoms with Crippen LogP contribution in [0, 0.1) is 13.8 Å². The monoisotopic (exact) mass is 504 g/mol. The number of halogens is 1. The molecule has 1 aliphatic heterocycles. The van der Waals surface area contributed by atoms with Gasteiger partial charge in [-0.2, -0.15) is 0 Å². The lowest BCUT2D eigenvalue weighted by atomic mass is 9.96. The fourth-order valence-electron chi connectivity index (χ4n) is 4.85. The number of hydrogen-bond acceptors (Lipinski definition) is 4. The van der Waals surface area contributed by atoms with Crippen molar-refractivity contribution in [2.75, 3.05) is 12.0 Å². The van der Waals surface area contributed by atoms with Crippen LogP contribution in [0.15, 0.2) is 72.9 Å². The first kappa shape index (κ1) is 23.2. The number of rotatable bonds is 5. The second-order valence-electron chi connectivity index (χ2n) is 8.49. The quantitative estimate of drug-likeness (QED) is 0.323. The highest BCUT2D eigenvalue weighted by molar-refractivity contribution is 7.80. The van der Waals surface area contributed by atoms with Gasteiger partial charge in [0.25, 0.3) is 0 Å². The molecule has 2 atom stereocenters. The highest BCUT2D eigenvalue weighted by Gasteiger charge is 2.43. The maximum absolute atomic E-state index is 10.8. The van der Waals surface area contributed by atoms with E-state index in [1.807, 2.05) is 41.3 Å². The topological polar surface area (TPSA) is 62.5 Å². The number of thiocarbonyl (C=S) groups is 1. The largest absolute Gasteiger partial charge is 0.506 e. The normalized spacial score (nSPS) is 17.5. The minimum atomic E-state index is -0.271. The predicted molar refractivity (Wildman–Crippen MR) is 143 cm³/mol. The maximum Gasteiger partial charge on any atom is 0.174 e. The van der Waals surface area contributed by atoms with Crippen molar-refractivity contribution in [3.8, 4) is 17.2 Å². The molecular formula is C27H25ClN4O2S. The SMILES string of the molecule is COc1cccc(-n2c(C)cc([C@H]3[C@@H](c4ccccn4)NC(=S)N3c3cc(Cl)ccc3O)c2C)c1. The molecule has 2 N–H and O–H groups in total. The Morgan fingerprint density at radius 1 is 1.06 bits per heavy atom. The molecule has 4 aromatic rings. The van der Waals surface area contributed by atoms with E-state index in [1.165, 1.54) is 0 Å². The third kappa shape index (κ3) is 4.11. The molecule has 8 heteroatoms. The summed E-state index contributed by atoms with van der Waals surface area (Å²) < 4.78 is 7.65. The van der Waals surface area contributed by atoms with E-state index in [1.54, 1.807) is 31.5 Å². The first-order valence-corrected chi connectivity index (χ1v) is 12.0. The van der Waals surface area contributed by atoms with Gasteiger partial charge in [0, 0.05) is 34.4 Å². The summed E-state index contributed by atoms with van der Waals surface area (Å²) in [5, 5.41) is 15.2. The molecule has 3 heterocycles. The highest BCUT2D eigenvalue weighted by Crippen LogP contribution is 2.46. The zero-order valence-electron chi connectivity index (χ0n) is 19.6. The zero-order valence-corrected chi connectivity index (χ0v) is 21.1. The molecule has 2 aromatic carbocycles. The second-order valence-corrected chi connectivity index (χ2v) is 9.32. The summed E-state index contributed by atoms with van der Waals surface area (Å²) in [4.78, 5) is 6.56. The molecule has 2 aromatic heterocycles. The Labute approximate surface area is 214 Å². The van der Waals surface area contributed by atoms with E-state index in [2.05, 4.69) is 40.8 Å². The number of aryl methyl sites for hydroxylation is 1. The molecular weight excluding hydrogens is 480 g/mol. The molecule has 0 saturated carbocycles. The summed E-state index contributed by atoms with van der Waals surface area (Å²) in [6, 6.07) is 20.5. The second kappa shape index (κ2) is 9.24. The van der Waals surface area contributed by atoms with E-state index >= 15 is 0 Å². The van der Waals surface area contributed by atoms with Crippen molar-refractivity contribution < 1.29 is 9.84 Å². The number of pyridine rings is 1. The summed E-state index contributed by atoms with van der Waals surface area (Å²) in [5.74, 6) is 0.893. The molecule has 6 nitrogen and oxygen atoms in total. The van der Waals surface area contributed by atoms with Crippen LogP contribution in [0.2, 0.25) is 5.02 Å². The van der Waals surface area contributed by atoms with Crippen molar-refractivity contribution in [1.82, 2.24) is 14.9 Å². The first-order chi connectivity index (χ1) is 16.9. The number of anilines is 1. The fraction of sp³-hybridized carbons (Fsp3) is 0.185. The van der Waals surface area contributed by atoms with Gasteiger partial charge in [0.2, 0.25) is 0 Å². The van der Waals surface area contributed by atoms with Gasteiger partial charge in [-0.25, -0.2) is 0 Å². The average Bonchev–Trinajstić information content (AvgIpc) is 3.36. The molecule has 178 valence electrons. The number of phenols is 1. The van der Waals surface area contributed by atoms with Crippen molar-refractivity contribution in [1.29, 1.82) is 0 Å². The van der Waals surface area contributed by atoms with Crippen LogP contribution in [0.3, 0.4) is 0 Å². The summed E-state index contributed by atoms with van der Waals surface area (Å²) in [7, 11) is 1.66. The lowest BCUT2D eigenvalue weighted by molar-refractivity contribution is 0.414. The molecule has 1 saturated heterocycles. The minimum Gasteiger partial charge on any atom is -0.506 e. The van der Waals surface area contributed by atoms with E-state index in [0.717, 1.165) is 34.1 Å². The molecule has 0 radical (unpaired) electrons. The molecule has 0 aliphatic carbocycles. The lowest BCUT2D eigenvalue weighted by Crippen LogP contribution is -2.29. The van der Waals surface area contributed by atoms with Gasteiger partial charge >= 0.3 is 0 Å². The number of benzene rings is 2. The van der Waals surface area contributed by atoms with Crippen LogP contribution in [-0.4, -0.2) is 26.9 Å². The molecule has 1 aliphatic rings. The van der Waals surface area contributed by atoms with Crippen LogP contribution in [0.5, 0.6) is 11.5 Å². The molecule has 0 unspecified atom stereocenters. The van der Waals surface area contributed by atoms with Gasteiger partial charge in [-0.3, -0.25) is 4.98 Å². The number of ether oxygens (including phenoxy) is 1. The summed E-state index contributed by atoms with van der Waals surface area (Å²) >= 11 is 12.1. The van der Waals surface area contributed by atoms with E-state index in [-0.39, 0.29) is 17.8 Å². The Hall–Kier alpha value is -3.55. The Kier molecular flexibility index (Phi) is 6.13. The van der Waals surface area contributed by atoms with Crippen molar-refractivity contribution in [2.45, 2.75) is 25.9 Å². The Balaban J connectivity index is 1.70. The molecule has 0 amide bonds. The molecule has 5 rings (SSSR count). The van der Waals surface area contributed by atoms with Crippen molar-refractivity contribution in [3.05, 3.63) is 101 Å². The molecule has 0 bridgehead atoms. The third-order valence-electron chi connectivity index (χ3n) is 6.40. The van der Waals surface area contributed by atoms with Gasteiger partial charge in [-0.1, -0.05) is 23.7 Å². The van der Waals surface area contributed by atoms with E-state index in [0.29, 0.717) is 15.8 Å². The third-order valence-corrected chi connectivity index (χ3v) is 6.95. The number of aromatic hydroxyl groups is 1. The molecule has 0 spiro atoms. The summed E-state index contributed by atoms with van der Waals surface area (Å²) in [6.45, 7) is 4.17. The van der Waals surface area contributed by atoms with Crippen LogP contribution < -0.4 is 15.0 Å². The van der Waals surface area contributed by atoms with Crippen LogP contribution in [0.25, 0.3) is 5.69 Å². The van der Waals surface area contributed by atoms with Crippen LogP contribution >= 0.6 is 23.8 Å². The zero-order chi connectivity index (χ0) is 24.7. The average molecular weight is 505 g/mol. The van der Waals surface area contributed by atoms with Gasteiger partial charge in [-0.15, -0.1) is 0 Å². The number of nitrogens with one attached hydrogen (secondary N) is 1. The molecule has 1 fully saturated rings. The van der Waals surface area contributed by atoms with Crippen LogP contribution in [-0.2, 0) is 0 Å². The lowest BCUT2D eigenvalue weighted by Gasteiger charge is -2.28. The minimum absolute atomic E-state index is 0.104. The first-order valence-electron chi connectivity index (χ1n) is 11.2. The van der Waals surface area contributed by atoms with Gasteiger partial charge in [0.15, 0.2) is 5.11 Å². The standard InChI is InChI=1S/C27H25ClN4O2S/c1-16-13-21(17(2)31(16)19-7-6-8-20(15-19)34-3)26-25(22-9-4-5-12-29-22)30-27(35)32(26)23-14-18(28)10-11-24(23)33/h4-15,25-26,33H,1-3H3,(H,30,35)/t25-,26+/m1/s1. The van der Waals surface area contributed by atoms with Crippen molar-refractivity contribution in [2.24, 2.45) is 0 Å². The Bertz CT molecular complexity index is 1410.